The zero-order chi connectivity index (χ0) is 20.1. The average molecular weight is 404 g/mol. The quantitative estimate of drug-likeness (QED) is 0.835. The Morgan fingerprint density at radius 3 is 2.25 bits per heavy atom. The van der Waals surface area contributed by atoms with Crippen molar-refractivity contribution in [2.45, 2.75) is 19.5 Å². The first-order valence-electron chi connectivity index (χ1n) is 9.25. The van der Waals surface area contributed by atoms with Crippen molar-refractivity contribution < 1.29 is 14.0 Å². The first-order chi connectivity index (χ1) is 13.4. The topological polar surface area (TPSA) is 52.7 Å². The highest BCUT2D eigenvalue weighted by Gasteiger charge is 2.27. The fourth-order valence-electron chi connectivity index (χ4n) is 3.19. The second kappa shape index (κ2) is 9.17. The van der Waals surface area contributed by atoms with Crippen molar-refractivity contribution in [3.8, 4) is 0 Å². The van der Waals surface area contributed by atoms with Gasteiger partial charge in [0.25, 0.3) is 5.91 Å². The number of hydrogen-bond donors (Lipinski definition) is 1. The number of carbonyl (C=O) groups excluding carboxylic acids is 2. The average Bonchev–Trinajstić information content (AvgIpc) is 2.73. The predicted octanol–water partition coefficient (Wildman–Crippen LogP) is 2.94. The molecule has 0 aliphatic carbocycles. The largest absolute Gasteiger partial charge is 0.351 e. The zero-order valence-electron chi connectivity index (χ0n) is 15.7. The van der Waals surface area contributed by atoms with Crippen LogP contribution in [0.15, 0.2) is 48.5 Å². The smallest absolute Gasteiger partial charge is 0.253 e. The summed E-state index contributed by atoms with van der Waals surface area (Å²) in [5.41, 5.74) is 1.46. The summed E-state index contributed by atoms with van der Waals surface area (Å²) in [5, 5.41) is 3.48. The number of benzene rings is 2. The molecule has 1 aliphatic heterocycles. The molecule has 0 spiro atoms. The second-order valence-electron chi connectivity index (χ2n) is 6.86. The molecule has 148 valence electrons. The van der Waals surface area contributed by atoms with Gasteiger partial charge in [0.2, 0.25) is 5.91 Å². The van der Waals surface area contributed by atoms with Gasteiger partial charge in [-0.3, -0.25) is 14.5 Å². The van der Waals surface area contributed by atoms with E-state index in [1.807, 2.05) is 6.92 Å². The third-order valence-corrected chi connectivity index (χ3v) is 5.25. The number of nitrogens with zero attached hydrogens (tertiary/aromatic N) is 2. The number of nitrogens with one attached hydrogen (secondary N) is 1. The molecular weight excluding hydrogens is 381 g/mol. The molecule has 3 rings (SSSR count). The number of hydrogen-bond acceptors (Lipinski definition) is 3. The van der Waals surface area contributed by atoms with E-state index in [1.54, 1.807) is 41.3 Å². The summed E-state index contributed by atoms with van der Waals surface area (Å²) in [6.45, 7) is 4.61. The molecule has 1 fully saturated rings. The lowest BCUT2D eigenvalue weighted by atomic mass is 10.1. The Morgan fingerprint density at radius 1 is 1.04 bits per heavy atom. The van der Waals surface area contributed by atoms with Gasteiger partial charge in [-0.25, -0.2) is 4.39 Å². The predicted molar refractivity (Wildman–Crippen MR) is 107 cm³/mol. The highest BCUT2D eigenvalue weighted by molar-refractivity contribution is 6.30. The molecule has 2 aromatic carbocycles. The summed E-state index contributed by atoms with van der Waals surface area (Å²) in [7, 11) is 0. The van der Waals surface area contributed by atoms with Crippen molar-refractivity contribution >= 4 is 23.4 Å². The summed E-state index contributed by atoms with van der Waals surface area (Å²) < 4.78 is 12.9. The Morgan fingerprint density at radius 2 is 1.64 bits per heavy atom. The molecule has 5 nitrogen and oxygen atoms in total. The third kappa shape index (κ3) is 5.09. The number of halogens is 2. The molecular formula is C21H23ClFN3O2. The molecule has 1 heterocycles. The molecule has 0 bridgehead atoms. The maximum Gasteiger partial charge on any atom is 0.253 e. The minimum absolute atomic E-state index is 0.0234. The van der Waals surface area contributed by atoms with Crippen LogP contribution >= 0.6 is 11.6 Å². The molecule has 1 aliphatic rings. The molecule has 0 aromatic heterocycles. The van der Waals surface area contributed by atoms with Crippen molar-refractivity contribution in [1.29, 1.82) is 0 Å². The van der Waals surface area contributed by atoms with E-state index in [1.165, 1.54) is 12.1 Å². The molecule has 7 heteroatoms. The van der Waals surface area contributed by atoms with Crippen LogP contribution in [-0.4, -0.2) is 53.8 Å². The first kappa shape index (κ1) is 20.3. The van der Waals surface area contributed by atoms with E-state index < -0.39 is 0 Å². The van der Waals surface area contributed by atoms with Crippen LogP contribution in [0.1, 0.15) is 22.8 Å². The number of piperazine rings is 1. The van der Waals surface area contributed by atoms with E-state index >= 15 is 0 Å². The summed E-state index contributed by atoms with van der Waals surface area (Å²) in [5.74, 6) is -0.402. The molecule has 2 amide bonds. The van der Waals surface area contributed by atoms with Crippen molar-refractivity contribution in [2.75, 3.05) is 26.2 Å². The van der Waals surface area contributed by atoms with Crippen LogP contribution in [0.5, 0.6) is 0 Å². The van der Waals surface area contributed by atoms with Crippen molar-refractivity contribution in [3.05, 3.63) is 70.5 Å². The third-order valence-electron chi connectivity index (χ3n) is 5.00. The van der Waals surface area contributed by atoms with Crippen LogP contribution < -0.4 is 5.32 Å². The standard InChI is InChI=1S/C21H23ClFN3O2/c1-15(20(27)24-14-16-2-8-19(23)9-3-16)25-10-12-26(13-11-25)21(28)17-4-6-18(22)7-5-17/h2-9,15H,10-14H2,1H3,(H,24,27). The molecule has 1 N–H and O–H groups in total. The Balaban J connectivity index is 1.48. The highest BCUT2D eigenvalue weighted by atomic mass is 35.5. The van der Waals surface area contributed by atoms with Gasteiger partial charge in [-0.05, 0) is 48.9 Å². The van der Waals surface area contributed by atoms with Crippen molar-refractivity contribution in [3.63, 3.8) is 0 Å². The van der Waals surface area contributed by atoms with Gasteiger partial charge in [-0.1, -0.05) is 23.7 Å². The van der Waals surface area contributed by atoms with Crippen LogP contribution in [0.4, 0.5) is 4.39 Å². The highest BCUT2D eigenvalue weighted by Crippen LogP contribution is 2.14. The van der Waals surface area contributed by atoms with Crippen LogP contribution in [0, 0.1) is 5.82 Å². The fourth-order valence-corrected chi connectivity index (χ4v) is 3.32. The maximum absolute atomic E-state index is 12.9. The minimum atomic E-state index is -0.298. The Labute approximate surface area is 169 Å². The molecule has 1 unspecified atom stereocenters. The van der Waals surface area contributed by atoms with E-state index in [0.29, 0.717) is 43.3 Å². The molecule has 0 saturated carbocycles. The first-order valence-corrected chi connectivity index (χ1v) is 9.63. The van der Waals surface area contributed by atoms with Crippen molar-refractivity contribution in [2.24, 2.45) is 0 Å². The normalized spacial score (nSPS) is 15.9. The lowest BCUT2D eigenvalue weighted by Gasteiger charge is -2.37. The number of carbonyl (C=O) groups is 2. The maximum atomic E-state index is 12.9. The molecule has 28 heavy (non-hydrogen) atoms. The van der Waals surface area contributed by atoms with Gasteiger partial charge < -0.3 is 10.2 Å². The SMILES string of the molecule is CC(C(=O)NCc1ccc(F)cc1)N1CCN(C(=O)c2ccc(Cl)cc2)CC1. The lowest BCUT2D eigenvalue weighted by molar-refractivity contribution is -0.126. The van der Waals surface area contributed by atoms with Gasteiger partial charge in [0.1, 0.15) is 5.82 Å². The van der Waals surface area contributed by atoms with Gasteiger partial charge >= 0.3 is 0 Å². The van der Waals surface area contributed by atoms with Crippen LogP contribution in [0.2, 0.25) is 5.02 Å². The second-order valence-corrected chi connectivity index (χ2v) is 7.29. The Hall–Kier alpha value is -2.44. The van der Waals surface area contributed by atoms with E-state index in [2.05, 4.69) is 10.2 Å². The van der Waals surface area contributed by atoms with E-state index in [4.69, 9.17) is 11.6 Å². The molecule has 1 atom stereocenters. The Bertz CT molecular complexity index is 819. The van der Waals surface area contributed by atoms with Gasteiger partial charge in [-0.15, -0.1) is 0 Å². The minimum Gasteiger partial charge on any atom is -0.351 e. The van der Waals surface area contributed by atoms with E-state index in [0.717, 1.165) is 5.56 Å². The Kier molecular flexibility index (Phi) is 6.65. The summed E-state index contributed by atoms with van der Waals surface area (Å²) in [4.78, 5) is 28.9. The van der Waals surface area contributed by atoms with Crippen molar-refractivity contribution in [1.82, 2.24) is 15.1 Å². The monoisotopic (exact) mass is 403 g/mol. The summed E-state index contributed by atoms with van der Waals surface area (Å²) in [6, 6.07) is 12.6. The number of amides is 2. The molecule has 2 aromatic rings. The van der Waals surface area contributed by atoms with E-state index in [9.17, 15) is 14.0 Å². The van der Waals surface area contributed by atoms with Gasteiger partial charge in [0.15, 0.2) is 0 Å². The van der Waals surface area contributed by atoms with Crippen LogP contribution in [0.25, 0.3) is 0 Å². The molecule has 0 radical (unpaired) electrons. The summed E-state index contributed by atoms with van der Waals surface area (Å²) in [6.07, 6.45) is 0. The van der Waals surface area contributed by atoms with Gasteiger partial charge in [-0.2, -0.15) is 0 Å². The lowest BCUT2D eigenvalue weighted by Crippen LogP contribution is -2.54. The van der Waals surface area contributed by atoms with Gasteiger partial charge in [0, 0.05) is 43.3 Å². The van der Waals surface area contributed by atoms with Crippen LogP contribution in [0.3, 0.4) is 0 Å². The van der Waals surface area contributed by atoms with E-state index in [-0.39, 0.29) is 23.7 Å². The zero-order valence-corrected chi connectivity index (χ0v) is 16.5. The fraction of sp³-hybridized carbons (Fsp3) is 0.333. The van der Waals surface area contributed by atoms with Crippen LogP contribution in [-0.2, 0) is 11.3 Å². The molecule has 1 saturated heterocycles. The van der Waals surface area contributed by atoms with Gasteiger partial charge in [0.05, 0.1) is 6.04 Å². The number of rotatable bonds is 5. The summed E-state index contributed by atoms with van der Waals surface area (Å²) >= 11 is 5.87.